The Kier molecular flexibility index (Phi) is 4.58. The van der Waals surface area contributed by atoms with Crippen molar-refractivity contribution in [3.05, 3.63) is 46.6 Å². The van der Waals surface area contributed by atoms with Crippen LogP contribution in [0.1, 0.15) is 10.5 Å². The van der Waals surface area contributed by atoms with Crippen molar-refractivity contribution in [3.63, 3.8) is 0 Å². The van der Waals surface area contributed by atoms with Crippen molar-refractivity contribution in [3.8, 4) is 6.07 Å². The Balaban J connectivity index is 2.18. The lowest BCUT2D eigenvalue weighted by Gasteiger charge is -2.09. The van der Waals surface area contributed by atoms with Gasteiger partial charge in [0.1, 0.15) is 12.0 Å². The van der Waals surface area contributed by atoms with Crippen LogP contribution < -0.4 is 5.32 Å². The van der Waals surface area contributed by atoms with Gasteiger partial charge in [0.2, 0.25) is 11.7 Å². The highest BCUT2D eigenvalue weighted by molar-refractivity contribution is 6.36. The van der Waals surface area contributed by atoms with Crippen molar-refractivity contribution in [2.24, 2.45) is 5.92 Å². The van der Waals surface area contributed by atoms with Gasteiger partial charge in [0, 0.05) is 5.02 Å². The van der Waals surface area contributed by atoms with E-state index < -0.39 is 17.6 Å². The number of rotatable bonds is 4. The molecule has 1 heterocycles. The number of oxazole rings is 1. The van der Waals surface area contributed by atoms with E-state index >= 15 is 0 Å². The molecule has 0 radical (unpaired) electrons. The van der Waals surface area contributed by atoms with Crippen molar-refractivity contribution < 1.29 is 14.0 Å². The van der Waals surface area contributed by atoms with Crippen LogP contribution in [0.5, 0.6) is 0 Å². The lowest BCUT2D eigenvalue weighted by atomic mass is 10.0. The zero-order valence-electron chi connectivity index (χ0n) is 10.3. The van der Waals surface area contributed by atoms with E-state index in [9.17, 15) is 9.59 Å². The van der Waals surface area contributed by atoms with E-state index in [0.29, 0.717) is 5.02 Å². The van der Waals surface area contributed by atoms with Crippen LogP contribution in [0.15, 0.2) is 35.3 Å². The second-order valence-electron chi connectivity index (χ2n) is 3.91. The number of hydrogen-bond acceptors (Lipinski definition) is 5. The van der Waals surface area contributed by atoms with Gasteiger partial charge in [0.25, 0.3) is 0 Å². The summed E-state index contributed by atoms with van der Waals surface area (Å²) in [6.45, 7) is 0. The fraction of sp³-hybridized carbons (Fsp3) is 0.0769. The highest BCUT2D eigenvalue weighted by Gasteiger charge is 2.29. The minimum atomic E-state index is -1.55. The topological polar surface area (TPSA) is 96.0 Å². The number of nitriles is 1. The number of Topliss-reactive ketones (excluding diaryl/α,β-unsaturated/α-hetero) is 1. The number of nitrogens with one attached hydrogen (secondary N) is 1. The Hall–Kier alpha value is -2.36. The van der Waals surface area contributed by atoms with E-state index in [2.05, 4.69) is 14.7 Å². The zero-order chi connectivity index (χ0) is 15.4. The first-order valence-electron chi connectivity index (χ1n) is 5.61. The molecular weight excluding hydrogens is 317 g/mol. The van der Waals surface area contributed by atoms with Crippen molar-refractivity contribution in [2.75, 3.05) is 5.32 Å². The van der Waals surface area contributed by atoms with Crippen LogP contribution in [0.25, 0.3) is 0 Å². The zero-order valence-corrected chi connectivity index (χ0v) is 11.9. The third-order valence-corrected chi connectivity index (χ3v) is 3.08. The summed E-state index contributed by atoms with van der Waals surface area (Å²) in [6.07, 6.45) is 2.10. The molecule has 106 valence electrons. The molecule has 1 amide bonds. The summed E-state index contributed by atoms with van der Waals surface area (Å²) in [7, 11) is 0. The molecule has 2 aromatic rings. The monoisotopic (exact) mass is 323 g/mol. The highest BCUT2D eigenvalue weighted by atomic mass is 35.5. The molecule has 0 bridgehead atoms. The molecule has 0 aliphatic heterocycles. The number of halogens is 2. The number of benzene rings is 1. The average molecular weight is 324 g/mol. The lowest BCUT2D eigenvalue weighted by molar-refractivity contribution is -0.117. The molecule has 2 rings (SSSR count). The molecule has 1 N–H and O–H groups in total. The standard InChI is InChI=1S/C13H7Cl2N3O3/c14-7-1-2-10(9(15)3-7)18-13(20)8(4-16)12(19)11-5-21-6-17-11/h1-3,5-6,8H,(H,18,20). The van der Waals surface area contributed by atoms with Crippen molar-refractivity contribution in [1.29, 1.82) is 5.26 Å². The third-order valence-electron chi connectivity index (χ3n) is 2.53. The maximum Gasteiger partial charge on any atom is 0.249 e. The van der Waals surface area contributed by atoms with Crippen LogP contribution in [-0.4, -0.2) is 16.7 Å². The molecular formula is C13H7Cl2N3O3. The summed E-state index contributed by atoms with van der Waals surface area (Å²) in [6, 6.07) is 6.05. The van der Waals surface area contributed by atoms with E-state index in [0.717, 1.165) is 12.7 Å². The fourth-order valence-corrected chi connectivity index (χ4v) is 1.97. The predicted molar refractivity (Wildman–Crippen MR) is 75.0 cm³/mol. The maximum atomic E-state index is 12.0. The summed E-state index contributed by atoms with van der Waals surface area (Å²) in [5.41, 5.74) is 0.151. The smallest absolute Gasteiger partial charge is 0.249 e. The summed E-state index contributed by atoms with van der Waals surface area (Å²) in [5, 5.41) is 12.0. The molecule has 21 heavy (non-hydrogen) atoms. The first-order valence-corrected chi connectivity index (χ1v) is 6.36. The van der Waals surface area contributed by atoms with Gasteiger partial charge in [-0.2, -0.15) is 5.26 Å². The van der Waals surface area contributed by atoms with E-state index in [1.807, 2.05) is 0 Å². The van der Waals surface area contributed by atoms with Crippen LogP contribution in [0, 0.1) is 17.2 Å². The first kappa shape index (κ1) is 15.0. The number of anilines is 1. The van der Waals surface area contributed by atoms with Crippen molar-refractivity contribution in [1.82, 2.24) is 4.98 Å². The number of nitrogens with zero attached hydrogens (tertiary/aromatic N) is 2. The fourth-order valence-electron chi connectivity index (χ4n) is 1.51. The lowest BCUT2D eigenvalue weighted by Crippen LogP contribution is -2.29. The number of aromatic nitrogens is 1. The Morgan fingerprint density at radius 1 is 1.38 bits per heavy atom. The molecule has 8 heteroatoms. The van der Waals surface area contributed by atoms with Crippen LogP contribution in [-0.2, 0) is 4.79 Å². The Morgan fingerprint density at radius 2 is 2.14 bits per heavy atom. The molecule has 0 aliphatic carbocycles. The van der Waals surface area contributed by atoms with Crippen molar-refractivity contribution >= 4 is 40.6 Å². The average Bonchev–Trinajstić information content (AvgIpc) is 2.96. The number of hydrogen-bond donors (Lipinski definition) is 1. The summed E-state index contributed by atoms with van der Waals surface area (Å²) in [4.78, 5) is 27.6. The highest BCUT2D eigenvalue weighted by Crippen LogP contribution is 2.26. The molecule has 6 nitrogen and oxygen atoms in total. The number of carbonyl (C=O) groups is 2. The number of amides is 1. The van der Waals surface area contributed by atoms with E-state index in [4.69, 9.17) is 28.5 Å². The normalized spacial score (nSPS) is 11.5. The van der Waals surface area contributed by atoms with Crippen LogP contribution >= 0.6 is 23.2 Å². The Labute approximate surface area is 129 Å². The molecule has 0 saturated carbocycles. The molecule has 1 aromatic heterocycles. The van der Waals surface area contributed by atoms with Gasteiger partial charge in [-0.05, 0) is 18.2 Å². The summed E-state index contributed by atoms with van der Waals surface area (Å²) < 4.78 is 4.65. The van der Waals surface area contributed by atoms with Gasteiger partial charge in [-0.25, -0.2) is 4.98 Å². The number of ketones is 1. The molecule has 0 spiro atoms. The van der Waals surface area contributed by atoms with Gasteiger partial charge >= 0.3 is 0 Å². The first-order chi connectivity index (χ1) is 10.0. The molecule has 1 aromatic carbocycles. The predicted octanol–water partition coefficient (Wildman–Crippen LogP) is 2.94. The van der Waals surface area contributed by atoms with E-state index in [-0.39, 0.29) is 16.4 Å². The maximum absolute atomic E-state index is 12.0. The largest absolute Gasteiger partial charge is 0.451 e. The summed E-state index contributed by atoms with van der Waals surface area (Å²) >= 11 is 11.6. The third kappa shape index (κ3) is 3.40. The molecule has 0 saturated heterocycles. The SMILES string of the molecule is N#CC(C(=O)Nc1ccc(Cl)cc1Cl)C(=O)c1cocn1. The van der Waals surface area contributed by atoms with Crippen molar-refractivity contribution in [2.45, 2.75) is 0 Å². The van der Waals surface area contributed by atoms with Crippen LogP contribution in [0.2, 0.25) is 10.0 Å². The second kappa shape index (κ2) is 6.39. The molecule has 0 aliphatic rings. The summed E-state index contributed by atoms with van der Waals surface area (Å²) in [5.74, 6) is -3.12. The van der Waals surface area contributed by atoms with Crippen LogP contribution in [0.4, 0.5) is 5.69 Å². The van der Waals surface area contributed by atoms with Gasteiger partial charge in [0.15, 0.2) is 12.3 Å². The van der Waals surface area contributed by atoms with Crippen LogP contribution in [0.3, 0.4) is 0 Å². The minimum absolute atomic E-state index is 0.0982. The molecule has 1 atom stereocenters. The van der Waals surface area contributed by atoms with Gasteiger partial charge < -0.3 is 9.73 Å². The van der Waals surface area contributed by atoms with E-state index in [1.54, 1.807) is 6.07 Å². The van der Waals surface area contributed by atoms with Gasteiger partial charge in [0.05, 0.1) is 16.8 Å². The van der Waals surface area contributed by atoms with Gasteiger partial charge in [-0.3, -0.25) is 9.59 Å². The molecule has 0 fully saturated rings. The quantitative estimate of drug-likeness (QED) is 0.689. The Morgan fingerprint density at radius 3 is 2.71 bits per heavy atom. The number of carbonyl (C=O) groups excluding carboxylic acids is 2. The van der Waals surface area contributed by atoms with Gasteiger partial charge in [-0.1, -0.05) is 23.2 Å². The Bertz CT molecular complexity index is 723. The molecule has 1 unspecified atom stereocenters. The second-order valence-corrected chi connectivity index (χ2v) is 4.76. The van der Waals surface area contributed by atoms with E-state index in [1.165, 1.54) is 18.2 Å². The van der Waals surface area contributed by atoms with Gasteiger partial charge in [-0.15, -0.1) is 0 Å². The minimum Gasteiger partial charge on any atom is -0.451 e.